The van der Waals surface area contributed by atoms with Crippen LogP contribution < -0.4 is 10.6 Å². The standard InChI is InChI=1S/C23H23F3N4O3/c1-14(2)15-3-5-16(6-4-15)21-29-20(33-30-21)12-11-19(31)28-18-9-7-17(8-10-18)22(32)27-13-23(24,25)26/h3-10,14H,11-13H2,1-2H3,(H,27,32)(H,28,31). The highest BCUT2D eigenvalue weighted by Crippen LogP contribution is 2.21. The molecule has 0 bridgehead atoms. The molecule has 0 aliphatic carbocycles. The number of amides is 2. The number of hydrogen-bond donors (Lipinski definition) is 2. The summed E-state index contributed by atoms with van der Waals surface area (Å²) in [6.07, 6.45) is -4.16. The van der Waals surface area contributed by atoms with Gasteiger partial charge in [-0.3, -0.25) is 9.59 Å². The maximum absolute atomic E-state index is 12.2. The van der Waals surface area contributed by atoms with E-state index in [1.165, 1.54) is 29.8 Å². The van der Waals surface area contributed by atoms with Gasteiger partial charge in [0.1, 0.15) is 6.54 Å². The van der Waals surface area contributed by atoms with Crippen molar-refractivity contribution in [2.45, 2.75) is 38.8 Å². The van der Waals surface area contributed by atoms with Crippen LogP contribution in [0.1, 0.15) is 48.0 Å². The second-order valence-electron chi connectivity index (χ2n) is 7.71. The average Bonchev–Trinajstić information content (AvgIpc) is 3.25. The Morgan fingerprint density at radius 2 is 1.70 bits per heavy atom. The number of nitrogens with zero attached hydrogens (tertiary/aromatic N) is 2. The molecule has 0 unspecified atom stereocenters. The van der Waals surface area contributed by atoms with Crippen molar-refractivity contribution in [3.05, 3.63) is 65.5 Å². The minimum atomic E-state index is -4.49. The number of aromatic nitrogens is 2. The van der Waals surface area contributed by atoms with Crippen molar-refractivity contribution in [1.82, 2.24) is 15.5 Å². The molecule has 2 N–H and O–H groups in total. The van der Waals surface area contributed by atoms with Gasteiger partial charge in [-0.2, -0.15) is 18.2 Å². The van der Waals surface area contributed by atoms with E-state index in [4.69, 9.17) is 4.52 Å². The van der Waals surface area contributed by atoms with Gasteiger partial charge in [0.15, 0.2) is 0 Å². The minimum Gasteiger partial charge on any atom is -0.343 e. The lowest BCUT2D eigenvalue weighted by Crippen LogP contribution is -2.33. The predicted molar refractivity (Wildman–Crippen MR) is 116 cm³/mol. The highest BCUT2D eigenvalue weighted by molar-refractivity contribution is 5.95. The summed E-state index contributed by atoms with van der Waals surface area (Å²) in [6, 6.07) is 13.4. The first kappa shape index (κ1) is 24.0. The summed E-state index contributed by atoms with van der Waals surface area (Å²) in [5.74, 6) is 0.0209. The van der Waals surface area contributed by atoms with Gasteiger partial charge in [-0.05, 0) is 35.7 Å². The van der Waals surface area contributed by atoms with E-state index in [2.05, 4.69) is 29.3 Å². The van der Waals surface area contributed by atoms with E-state index < -0.39 is 18.6 Å². The van der Waals surface area contributed by atoms with Crippen LogP contribution in [0.25, 0.3) is 11.4 Å². The Morgan fingerprint density at radius 3 is 2.30 bits per heavy atom. The summed E-state index contributed by atoms with van der Waals surface area (Å²) >= 11 is 0. The number of carbonyl (C=O) groups is 2. The lowest BCUT2D eigenvalue weighted by Gasteiger charge is -2.09. The molecule has 7 nitrogen and oxygen atoms in total. The Hall–Kier alpha value is -3.69. The topological polar surface area (TPSA) is 97.1 Å². The first-order valence-electron chi connectivity index (χ1n) is 10.3. The third kappa shape index (κ3) is 7.16. The van der Waals surface area contributed by atoms with E-state index in [0.717, 1.165) is 5.56 Å². The number of anilines is 1. The van der Waals surface area contributed by atoms with Crippen LogP contribution in [0.3, 0.4) is 0 Å². The van der Waals surface area contributed by atoms with Crippen LogP contribution in [0.2, 0.25) is 0 Å². The van der Waals surface area contributed by atoms with Crippen LogP contribution >= 0.6 is 0 Å². The summed E-state index contributed by atoms with van der Waals surface area (Å²) in [7, 11) is 0. The lowest BCUT2D eigenvalue weighted by molar-refractivity contribution is -0.123. The SMILES string of the molecule is CC(C)c1ccc(-c2noc(CCC(=O)Nc3ccc(C(=O)NCC(F)(F)F)cc3)n2)cc1. The smallest absolute Gasteiger partial charge is 0.343 e. The Kier molecular flexibility index (Phi) is 7.47. The van der Waals surface area contributed by atoms with Gasteiger partial charge in [0, 0.05) is 29.7 Å². The zero-order valence-electron chi connectivity index (χ0n) is 18.1. The van der Waals surface area contributed by atoms with Gasteiger partial charge in [0.05, 0.1) is 0 Å². The third-order valence-electron chi connectivity index (χ3n) is 4.75. The highest BCUT2D eigenvalue weighted by atomic mass is 19.4. The third-order valence-corrected chi connectivity index (χ3v) is 4.75. The molecule has 0 aliphatic rings. The summed E-state index contributed by atoms with van der Waals surface area (Å²) in [6.45, 7) is 2.80. The number of nitrogens with one attached hydrogen (secondary N) is 2. The average molecular weight is 460 g/mol. The molecule has 0 spiro atoms. The zero-order chi connectivity index (χ0) is 24.0. The fourth-order valence-electron chi connectivity index (χ4n) is 2.92. The molecule has 33 heavy (non-hydrogen) atoms. The van der Waals surface area contributed by atoms with Crippen molar-refractivity contribution in [2.24, 2.45) is 0 Å². The van der Waals surface area contributed by atoms with Crippen molar-refractivity contribution in [3.63, 3.8) is 0 Å². The number of alkyl halides is 3. The van der Waals surface area contributed by atoms with Crippen LogP contribution in [-0.4, -0.2) is 34.7 Å². The first-order valence-corrected chi connectivity index (χ1v) is 10.3. The molecule has 1 heterocycles. The largest absolute Gasteiger partial charge is 0.405 e. The maximum Gasteiger partial charge on any atom is 0.405 e. The Bertz CT molecular complexity index is 1090. The van der Waals surface area contributed by atoms with Gasteiger partial charge >= 0.3 is 6.18 Å². The van der Waals surface area contributed by atoms with Gasteiger partial charge < -0.3 is 15.2 Å². The zero-order valence-corrected chi connectivity index (χ0v) is 18.1. The molecule has 0 atom stereocenters. The number of carbonyl (C=O) groups excluding carboxylic acids is 2. The van der Waals surface area contributed by atoms with Gasteiger partial charge in [0.25, 0.3) is 5.91 Å². The number of benzene rings is 2. The molecule has 0 radical (unpaired) electrons. The van der Waals surface area contributed by atoms with Gasteiger partial charge in [-0.1, -0.05) is 43.3 Å². The number of hydrogen-bond acceptors (Lipinski definition) is 5. The van der Waals surface area contributed by atoms with Crippen molar-refractivity contribution in [1.29, 1.82) is 0 Å². The van der Waals surface area contributed by atoms with E-state index in [-0.39, 0.29) is 24.3 Å². The second-order valence-corrected chi connectivity index (χ2v) is 7.71. The fraction of sp³-hybridized carbons (Fsp3) is 0.304. The number of halogens is 3. The van der Waals surface area contributed by atoms with E-state index in [0.29, 0.717) is 23.3 Å². The van der Waals surface area contributed by atoms with Crippen molar-refractivity contribution in [2.75, 3.05) is 11.9 Å². The van der Waals surface area contributed by atoms with E-state index in [1.54, 1.807) is 5.32 Å². The fourth-order valence-corrected chi connectivity index (χ4v) is 2.92. The number of aryl methyl sites for hydroxylation is 1. The molecule has 2 aromatic carbocycles. The molecule has 2 amide bonds. The first-order chi connectivity index (χ1) is 15.6. The molecule has 174 valence electrons. The molecular weight excluding hydrogens is 437 g/mol. The molecular formula is C23H23F3N4O3. The van der Waals surface area contributed by atoms with Crippen LogP contribution in [0, 0.1) is 0 Å². The minimum absolute atomic E-state index is 0.0528. The van der Waals surface area contributed by atoms with Crippen LogP contribution in [-0.2, 0) is 11.2 Å². The van der Waals surface area contributed by atoms with E-state index >= 15 is 0 Å². The van der Waals surface area contributed by atoms with E-state index in [9.17, 15) is 22.8 Å². The Labute approximate surface area is 188 Å². The van der Waals surface area contributed by atoms with Gasteiger partial charge in [0.2, 0.25) is 17.6 Å². The molecule has 0 saturated heterocycles. The van der Waals surface area contributed by atoms with E-state index in [1.807, 2.05) is 24.3 Å². The van der Waals surface area contributed by atoms with Crippen molar-refractivity contribution in [3.8, 4) is 11.4 Å². The molecule has 3 rings (SSSR count). The number of rotatable bonds is 8. The summed E-state index contributed by atoms with van der Waals surface area (Å²) in [5, 5.41) is 8.39. The molecule has 10 heteroatoms. The van der Waals surface area contributed by atoms with Gasteiger partial charge in [-0.15, -0.1) is 0 Å². The normalized spacial score (nSPS) is 11.5. The predicted octanol–water partition coefficient (Wildman–Crippen LogP) is 4.72. The Balaban J connectivity index is 1.49. The Morgan fingerprint density at radius 1 is 1.03 bits per heavy atom. The highest BCUT2D eigenvalue weighted by Gasteiger charge is 2.27. The summed E-state index contributed by atoms with van der Waals surface area (Å²) in [4.78, 5) is 28.2. The van der Waals surface area contributed by atoms with Crippen molar-refractivity contribution < 1.29 is 27.3 Å². The molecule has 0 fully saturated rings. The van der Waals surface area contributed by atoms with Crippen LogP contribution in [0.5, 0.6) is 0 Å². The molecule has 0 saturated carbocycles. The van der Waals surface area contributed by atoms with Gasteiger partial charge in [-0.25, -0.2) is 0 Å². The molecule has 0 aliphatic heterocycles. The summed E-state index contributed by atoms with van der Waals surface area (Å²) < 4.78 is 41.8. The molecule has 3 aromatic rings. The molecule has 1 aromatic heterocycles. The second kappa shape index (κ2) is 10.3. The summed E-state index contributed by atoms with van der Waals surface area (Å²) in [5.41, 5.74) is 2.48. The van der Waals surface area contributed by atoms with Crippen LogP contribution in [0.15, 0.2) is 53.1 Å². The van der Waals surface area contributed by atoms with Crippen LogP contribution in [0.4, 0.5) is 18.9 Å². The lowest BCUT2D eigenvalue weighted by atomic mass is 10.0. The quantitative estimate of drug-likeness (QED) is 0.507. The monoisotopic (exact) mass is 460 g/mol. The maximum atomic E-state index is 12.2. The van der Waals surface area contributed by atoms with Crippen molar-refractivity contribution >= 4 is 17.5 Å².